The lowest BCUT2D eigenvalue weighted by atomic mass is 10.0. The van der Waals surface area contributed by atoms with Gasteiger partial charge < -0.3 is 5.32 Å². The topological polar surface area (TPSA) is 12.0 Å². The van der Waals surface area contributed by atoms with E-state index in [4.69, 9.17) is 0 Å². The van der Waals surface area contributed by atoms with Crippen molar-refractivity contribution in [3.63, 3.8) is 0 Å². The summed E-state index contributed by atoms with van der Waals surface area (Å²) in [6, 6.07) is 10.9. The number of nitrogens with one attached hydrogen (secondary N) is 1. The van der Waals surface area contributed by atoms with Crippen LogP contribution in [0.4, 0.5) is 10.1 Å². The van der Waals surface area contributed by atoms with Gasteiger partial charge in [0.1, 0.15) is 5.82 Å². The molecule has 1 nitrogen and oxygen atoms in total. The van der Waals surface area contributed by atoms with E-state index in [0.29, 0.717) is 0 Å². The van der Waals surface area contributed by atoms with Crippen molar-refractivity contribution in [3.05, 3.63) is 64.5 Å². The second-order valence-corrected chi connectivity index (χ2v) is 4.73. The molecular weight excluding hydrogens is 225 g/mol. The normalized spacial score (nSPS) is 10.4. The van der Waals surface area contributed by atoms with Crippen LogP contribution in [0.25, 0.3) is 0 Å². The molecule has 0 aliphatic heterocycles. The lowest BCUT2D eigenvalue weighted by Crippen LogP contribution is -2.02. The second kappa shape index (κ2) is 5.21. The molecule has 2 aromatic rings. The Kier molecular flexibility index (Phi) is 3.66. The van der Waals surface area contributed by atoms with Gasteiger partial charge in [0.2, 0.25) is 0 Å². The summed E-state index contributed by atoms with van der Waals surface area (Å²) in [7, 11) is 0. The van der Waals surface area contributed by atoms with Crippen LogP contribution in [0.2, 0.25) is 0 Å². The minimum atomic E-state index is -0.211. The molecule has 2 aromatic carbocycles. The third kappa shape index (κ3) is 2.89. The summed E-state index contributed by atoms with van der Waals surface area (Å²) in [6.45, 7) is 7.05. The first-order chi connectivity index (χ1) is 8.56. The highest BCUT2D eigenvalue weighted by Gasteiger charge is 2.02. The van der Waals surface area contributed by atoms with Crippen LogP contribution in [0.1, 0.15) is 22.3 Å². The van der Waals surface area contributed by atoms with Crippen LogP contribution in [-0.2, 0) is 6.54 Å². The number of hydrogen-bond donors (Lipinski definition) is 1. The first kappa shape index (κ1) is 12.6. The summed E-state index contributed by atoms with van der Waals surface area (Å²) in [5.74, 6) is -0.211. The third-order valence-electron chi connectivity index (χ3n) is 3.26. The summed E-state index contributed by atoms with van der Waals surface area (Å²) >= 11 is 0. The Morgan fingerprint density at radius 2 is 1.67 bits per heavy atom. The molecule has 0 aliphatic rings. The zero-order valence-corrected chi connectivity index (χ0v) is 11.0. The van der Waals surface area contributed by atoms with Gasteiger partial charge in [0.15, 0.2) is 0 Å². The molecule has 0 bridgehead atoms. The van der Waals surface area contributed by atoms with Gasteiger partial charge in [0, 0.05) is 12.2 Å². The van der Waals surface area contributed by atoms with Crippen LogP contribution in [0.5, 0.6) is 0 Å². The molecular formula is C16H18FN. The summed E-state index contributed by atoms with van der Waals surface area (Å²) in [5, 5.41) is 3.25. The first-order valence-corrected chi connectivity index (χ1v) is 6.12. The van der Waals surface area contributed by atoms with Gasteiger partial charge in [-0.15, -0.1) is 0 Å². The number of anilines is 1. The summed E-state index contributed by atoms with van der Waals surface area (Å²) in [4.78, 5) is 0. The van der Waals surface area contributed by atoms with Crippen LogP contribution in [0.15, 0.2) is 36.4 Å². The molecule has 0 unspecified atom stereocenters. The van der Waals surface area contributed by atoms with E-state index in [2.05, 4.69) is 38.2 Å². The molecule has 0 fully saturated rings. The largest absolute Gasteiger partial charge is 0.381 e. The molecule has 2 rings (SSSR count). The van der Waals surface area contributed by atoms with Gasteiger partial charge in [-0.3, -0.25) is 0 Å². The van der Waals surface area contributed by atoms with Gasteiger partial charge in [0.05, 0.1) is 0 Å². The molecule has 18 heavy (non-hydrogen) atoms. The minimum absolute atomic E-state index is 0.211. The average Bonchev–Trinajstić information content (AvgIpc) is 2.32. The summed E-state index contributed by atoms with van der Waals surface area (Å²) in [6.07, 6.45) is 0. The van der Waals surface area contributed by atoms with E-state index in [1.54, 1.807) is 6.07 Å². The van der Waals surface area contributed by atoms with Gasteiger partial charge >= 0.3 is 0 Å². The van der Waals surface area contributed by atoms with E-state index < -0.39 is 0 Å². The number of rotatable bonds is 3. The lowest BCUT2D eigenvalue weighted by molar-refractivity contribution is 0.628. The van der Waals surface area contributed by atoms with E-state index in [0.717, 1.165) is 12.2 Å². The smallest absolute Gasteiger partial charge is 0.125 e. The molecule has 94 valence electrons. The molecule has 0 heterocycles. The van der Waals surface area contributed by atoms with Crippen molar-refractivity contribution in [2.75, 3.05) is 5.32 Å². The van der Waals surface area contributed by atoms with Gasteiger partial charge in [-0.1, -0.05) is 18.2 Å². The van der Waals surface area contributed by atoms with Crippen molar-refractivity contribution in [3.8, 4) is 0 Å². The third-order valence-corrected chi connectivity index (χ3v) is 3.26. The van der Waals surface area contributed by atoms with Crippen LogP contribution >= 0.6 is 0 Å². The maximum absolute atomic E-state index is 13.0. The Morgan fingerprint density at radius 3 is 2.39 bits per heavy atom. The highest BCUT2D eigenvalue weighted by Crippen LogP contribution is 2.17. The molecule has 0 atom stereocenters. The van der Waals surface area contributed by atoms with Gasteiger partial charge in [-0.2, -0.15) is 0 Å². The fourth-order valence-corrected chi connectivity index (χ4v) is 2.01. The Bertz CT molecular complexity index is 561. The standard InChI is InChI=1S/C16H18FN/c1-11-7-13(3)14(8-12(11)2)10-18-16-6-4-5-15(17)9-16/h4-9,18H,10H2,1-3H3. The first-order valence-electron chi connectivity index (χ1n) is 6.12. The van der Waals surface area contributed by atoms with Gasteiger partial charge in [-0.05, 0) is 61.2 Å². The van der Waals surface area contributed by atoms with E-state index >= 15 is 0 Å². The number of benzene rings is 2. The van der Waals surface area contributed by atoms with Crippen molar-refractivity contribution < 1.29 is 4.39 Å². The molecule has 0 amide bonds. The lowest BCUT2D eigenvalue weighted by Gasteiger charge is -2.12. The molecule has 0 radical (unpaired) electrons. The SMILES string of the molecule is Cc1cc(C)c(CNc2cccc(F)c2)cc1C. The fraction of sp³-hybridized carbons (Fsp3) is 0.250. The van der Waals surface area contributed by atoms with Crippen LogP contribution in [0, 0.1) is 26.6 Å². The van der Waals surface area contributed by atoms with Crippen molar-refractivity contribution >= 4 is 5.69 Å². The average molecular weight is 243 g/mol. The zero-order chi connectivity index (χ0) is 13.1. The number of hydrogen-bond acceptors (Lipinski definition) is 1. The predicted octanol–water partition coefficient (Wildman–Crippen LogP) is 4.36. The molecule has 1 N–H and O–H groups in total. The Hall–Kier alpha value is -1.83. The molecule has 0 spiro atoms. The van der Waals surface area contributed by atoms with Crippen LogP contribution < -0.4 is 5.32 Å². The summed E-state index contributed by atoms with van der Waals surface area (Å²) < 4.78 is 13.0. The zero-order valence-electron chi connectivity index (χ0n) is 11.0. The van der Waals surface area contributed by atoms with Crippen molar-refractivity contribution in [1.29, 1.82) is 0 Å². The highest BCUT2D eigenvalue weighted by atomic mass is 19.1. The van der Waals surface area contributed by atoms with E-state index in [-0.39, 0.29) is 5.82 Å². The fourth-order valence-electron chi connectivity index (χ4n) is 2.01. The molecule has 0 aliphatic carbocycles. The molecule has 2 heteroatoms. The van der Waals surface area contributed by atoms with Crippen LogP contribution in [0.3, 0.4) is 0 Å². The maximum atomic E-state index is 13.0. The van der Waals surface area contributed by atoms with Gasteiger partial charge in [-0.25, -0.2) is 4.39 Å². The van der Waals surface area contributed by atoms with Gasteiger partial charge in [0.25, 0.3) is 0 Å². The van der Waals surface area contributed by atoms with E-state index in [9.17, 15) is 4.39 Å². The van der Waals surface area contributed by atoms with Crippen molar-refractivity contribution in [2.45, 2.75) is 27.3 Å². The molecule has 0 aromatic heterocycles. The van der Waals surface area contributed by atoms with E-state index in [1.807, 2.05) is 6.07 Å². The minimum Gasteiger partial charge on any atom is -0.381 e. The Morgan fingerprint density at radius 1 is 0.944 bits per heavy atom. The highest BCUT2D eigenvalue weighted by molar-refractivity contribution is 5.45. The summed E-state index contributed by atoms with van der Waals surface area (Å²) in [5.41, 5.74) is 5.93. The molecule has 0 saturated carbocycles. The Balaban J connectivity index is 2.13. The monoisotopic (exact) mass is 243 g/mol. The van der Waals surface area contributed by atoms with E-state index in [1.165, 1.54) is 34.4 Å². The quantitative estimate of drug-likeness (QED) is 0.844. The maximum Gasteiger partial charge on any atom is 0.125 e. The second-order valence-electron chi connectivity index (χ2n) is 4.73. The number of aryl methyl sites for hydroxylation is 3. The Labute approximate surface area is 108 Å². The number of halogens is 1. The van der Waals surface area contributed by atoms with Crippen LogP contribution in [-0.4, -0.2) is 0 Å². The molecule has 0 saturated heterocycles. The van der Waals surface area contributed by atoms with Crippen molar-refractivity contribution in [1.82, 2.24) is 0 Å². The van der Waals surface area contributed by atoms with Crippen molar-refractivity contribution in [2.24, 2.45) is 0 Å². The predicted molar refractivity (Wildman–Crippen MR) is 74.4 cm³/mol.